The van der Waals surface area contributed by atoms with Gasteiger partial charge in [0.1, 0.15) is 15.5 Å². The maximum absolute atomic E-state index is 14.2. The van der Waals surface area contributed by atoms with Gasteiger partial charge < -0.3 is 8.37 Å². The zero-order valence-electron chi connectivity index (χ0n) is 22.0. The third-order valence-corrected chi connectivity index (χ3v) is 12.1. The summed E-state index contributed by atoms with van der Waals surface area (Å²) in [6.07, 6.45) is 0. The highest BCUT2D eigenvalue weighted by molar-refractivity contribution is 7.94. The SMILES string of the molecule is O=S(c1ccccc1)c1ccc(OS(=O)(=O)c2ccccc2)c(S(=O)(=O)Oc2ccccc2)c1S(=O)(=O)c1ccccc1. The number of hydrogen-bond donors (Lipinski definition) is 0. The summed E-state index contributed by atoms with van der Waals surface area (Å²) in [4.78, 5) is -2.97. The molecule has 0 saturated heterocycles. The molecule has 0 bridgehead atoms. The molecule has 0 amide bonds. The summed E-state index contributed by atoms with van der Waals surface area (Å²) in [5, 5.41) is 0. The van der Waals surface area contributed by atoms with E-state index in [1.807, 2.05) is 0 Å². The van der Waals surface area contributed by atoms with Gasteiger partial charge in [0.05, 0.1) is 20.6 Å². The van der Waals surface area contributed by atoms with E-state index >= 15 is 0 Å². The topological polar surface area (TPSA) is 138 Å². The zero-order chi connectivity index (χ0) is 30.7. The maximum atomic E-state index is 14.2. The minimum atomic E-state index is -5.16. The Balaban J connectivity index is 1.85. The molecule has 0 fully saturated rings. The first kappa shape index (κ1) is 30.2. The third-order valence-electron chi connectivity index (χ3n) is 5.95. The molecule has 1 atom stereocenters. The van der Waals surface area contributed by atoms with Crippen molar-refractivity contribution in [1.29, 1.82) is 0 Å². The zero-order valence-corrected chi connectivity index (χ0v) is 25.3. The second-order valence-electron chi connectivity index (χ2n) is 8.82. The molecule has 0 N–H and O–H groups in total. The Morgan fingerprint density at radius 1 is 0.465 bits per heavy atom. The van der Waals surface area contributed by atoms with Gasteiger partial charge in [0.25, 0.3) is 0 Å². The van der Waals surface area contributed by atoms with Crippen molar-refractivity contribution in [1.82, 2.24) is 0 Å². The third kappa shape index (κ3) is 6.39. The van der Waals surface area contributed by atoms with Gasteiger partial charge in [0.15, 0.2) is 10.6 Å². The second-order valence-corrected chi connectivity index (χ2v) is 15.2. The lowest BCUT2D eigenvalue weighted by Crippen LogP contribution is -2.20. The van der Waals surface area contributed by atoms with Gasteiger partial charge in [-0.3, -0.25) is 0 Å². The van der Waals surface area contributed by atoms with Gasteiger partial charge in [-0.15, -0.1) is 0 Å². The molecule has 5 aromatic rings. The lowest BCUT2D eigenvalue weighted by molar-refractivity contribution is 0.458. The Bertz CT molecular complexity index is 2100. The Hall–Kier alpha value is -4.30. The molecule has 1 unspecified atom stereocenters. The molecular formula is C30H22O9S4. The Kier molecular flexibility index (Phi) is 8.51. The minimum absolute atomic E-state index is 0.171. The van der Waals surface area contributed by atoms with Gasteiger partial charge in [-0.25, -0.2) is 12.6 Å². The number of para-hydroxylation sites is 1. The molecule has 0 aliphatic rings. The number of rotatable bonds is 10. The average Bonchev–Trinajstić information content (AvgIpc) is 3.02. The molecular weight excluding hydrogens is 633 g/mol. The molecule has 5 rings (SSSR count). The van der Waals surface area contributed by atoms with Crippen LogP contribution in [-0.4, -0.2) is 29.5 Å². The predicted octanol–water partition coefficient (Wildman–Crippen LogP) is 5.22. The lowest BCUT2D eigenvalue weighted by atomic mass is 10.3. The van der Waals surface area contributed by atoms with E-state index in [1.54, 1.807) is 36.4 Å². The highest BCUT2D eigenvalue weighted by Gasteiger charge is 2.39. The van der Waals surface area contributed by atoms with E-state index in [1.165, 1.54) is 84.9 Å². The fraction of sp³-hybridized carbons (Fsp3) is 0. The van der Waals surface area contributed by atoms with E-state index < -0.39 is 61.3 Å². The first-order chi connectivity index (χ1) is 20.5. The van der Waals surface area contributed by atoms with Gasteiger partial charge in [-0.1, -0.05) is 72.8 Å². The minimum Gasteiger partial charge on any atom is -0.379 e. The van der Waals surface area contributed by atoms with Gasteiger partial charge in [0.2, 0.25) is 9.84 Å². The molecule has 0 aliphatic carbocycles. The summed E-state index contributed by atoms with van der Waals surface area (Å²) in [7, 11) is -16.9. The number of benzene rings is 5. The largest absolute Gasteiger partial charge is 0.379 e. The summed E-state index contributed by atoms with van der Waals surface area (Å²) in [6, 6.07) is 30.8. The maximum Gasteiger partial charge on any atom is 0.344 e. The van der Waals surface area contributed by atoms with Crippen LogP contribution in [0, 0.1) is 0 Å². The molecule has 13 heteroatoms. The molecule has 0 heterocycles. The van der Waals surface area contributed by atoms with Crippen LogP contribution >= 0.6 is 0 Å². The van der Waals surface area contributed by atoms with Crippen LogP contribution in [0.3, 0.4) is 0 Å². The normalized spacial score (nSPS) is 12.7. The van der Waals surface area contributed by atoms with Crippen molar-refractivity contribution in [3.8, 4) is 11.5 Å². The van der Waals surface area contributed by atoms with Crippen LogP contribution in [0.2, 0.25) is 0 Å². The fourth-order valence-electron chi connectivity index (χ4n) is 4.02. The van der Waals surface area contributed by atoms with E-state index in [2.05, 4.69) is 0 Å². The van der Waals surface area contributed by atoms with Crippen LogP contribution in [0.1, 0.15) is 0 Å². The smallest absolute Gasteiger partial charge is 0.344 e. The van der Waals surface area contributed by atoms with Crippen molar-refractivity contribution < 1.29 is 37.8 Å². The summed E-state index contributed by atoms with van der Waals surface area (Å²) >= 11 is 0. The number of sulfone groups is 1. The molecule has 0 radical (unpaired) electrons. The van der Waals surface area contributed by atoms with Crippen molar-refractivity contribution in [2.75, 3.05) is 0 Å². The summed E-state index contributed by atoms with van der Waals surface area (Å²) in [6.45, 7) is 0. The molecule has 0 saturated carbocycles. The van der Waals surface area contributed by atoms with E-state index in [0.29, 0.717) is 0 Å². The first-order valence-electron chi connectivity index (χ1n) is 12.4. The molecule has 0 aliphatic heterocycles. The summed E-state index contributed by atoms with van der Waals surface area (Å²) < 4.78 is 107. The van der Waals surface area contributed by atoms with E-state index in [4.69, 9.17) is 8.37 Å². The molecule has 0 aromatic heterocycles. The highest BCUT2D eigenvalue weighted by atomic mass is 32.2. The Labute approximate surface area is 252 Å². The van der Waals surface area contributed by atoms with E-state index in [9.17, 15) is 29.5 Å². The van der Waals surface area contributed by atoms with Crippen LogP contribution in [0.15, 0.2) is 163 Å². The van der Waals surface area contributed by atoms with Crippen LogP contribution in [0.4, 0.5) is 0 Å². The average molecular weight is 655 g/mol. The highest BCUT2D eigenvalue weighted by Crippen LogP contribution is 2.41. The molecule has 0 spiro atoms. The van der Waals surface area contributed by atoms with Crippen molar-refractivity contribution >= 4 is 40.9 Å². The summed E-state index contributed by atoms with van der Waals surface area (Å²) in [5.41, 5.74) is 0. The van der Waals surface area contributed by atoms with Crippen LogP contribution in [0.25, 0.3) is 0 Å². The molecule has 5 aromatic carbocycles. The molecule has 9 nitrogen and oxygen atoms in total. The lowest BCUT2D eigenvalue weighted by Gasteiger charge is -2.19. The van der Waals surface area contributed by atoms with Crippen molar-refractivity contribution in [2.45, 2.75) is 29.4 Å². The van der Waals surface area contributed by atoms with Crippen LogP contribution in [0.5, 0.6) is 11.5 Å². The Morgan fingerprint density at radius 3 is 1.51 bits per heavy atom. The van der Waals surface area contributed by atoms with Crippen LogP contribution < -0.4 is 8.37 Å². The monoisotopic (exact) mass is 654 g/mol. The predicted molar refractivity (Wildman–Crippen MR) is 158 cm³/mol. The summed E-state index contributed by atoms with van der Waals surface area (Å²) in [5.74, 6) is -1.04. The van der Waals surface area contributed by atoms with Gasteiger partial charge in [-0.05, 0) is 60.7 Å². The fourth-order valence-corrected chi connectivity index (χ4v) is 9.98. The van der Waals surface area contributed by atoms with E-state index in [-0.39, 0.29) is 20.4 Å². The van der Waals surface area contributed by atoms with Gasteiger partial charge >= 0.3 is 20.2 Å². The Morgan fingerprint density at radius 2 is 0.953 bits per heavy atom. The molecule has 220 valence electrons. The van der Waals surface area contributed by atoms with Gasteiger partial charge in [0, 0.05) is 4.90 Å². The standard InChI is InChI=1S/C30H22O9S4/c31-40(24-15-7-2-8-16-24)28-22-21-27(39-42(34,35)26-19-11-4-12-20-26)29(43(36,37)38-23-13-5-1-6-14-23)30(28)41(32,33)25-17-9-3-10-18-25/h1-22H. The molecule has 43 heavy (non-hydrogen) atoms. The van der Waals surface area contributed by atoms with Gasteiger partial charge in [-0.2, -0.15) is 16.8 Å². The van der Waals surface area contributed by atoms with Crippen molar-refractivity contribution in [3.63, 3.8) is 0 Å². The first-order valence-corrected chi connectivity index (χ1v) is 17.9. The van der Waals surface area contributed by atoms with E-state index in [0.717, 1.165) is 12.1 Å². The number of hydrogen-bond acceptors (Lipinski definition) is 9. The van der Waals surface area contributed by atoms with Crippen molar-refractivity contribution in [2.24, 2.45) is 0 Å². The second kappa shape index (κ2) is 12.1. The van der Waals surface area contributed by atoms with Crippen molar-refractivity contribution in [3.05, 3.63) is 133 Å². The quantitative estimate of drug-likeness (QED) is 0.186. The van der Waals surface area contributed by atoms with Crippen LogP contribution in [-0.2, 0) is 40.9 Å².